The highest BCUT2D eigenvalue weighted by Crippen LogP contribution is 2.33. The number of rotatable bonds is 8. The Morgan fingerprint density at radius 3 is 2.43 bits per heavy atom. The van der Waals surface area contributed by atoms with E-state index in [9.17, 15) is 9.59 Å². The average molecular weight is 424 g/mol. The minimum atomic E-state index is -0.254. The molecule has 0 aromatic heterocycles. The Hall–Kier alpha value is -3.51. The van der Waals surface area contributed by atoms with Gasteiger partial charge in [-0.05, 0) is 49.4 Å². The van der Waals surface area contributed by atoms with Crippen LogP contribution < -0.4 is 20.7 Å². The molecule has 0 radical (unpaired) electrons. The van der Waals surface area contributed by atoms with Crippen LogP contribution in [0.15, 0.2) is 72.8 Å². The molecular weight excluding hydrogens is 402 g/mol. The minimum Gasteiger partial charge on any atom is -0.454 e. The van der Waals surface area contributed by atoms with Gasteiger partial charge in [-0.2, -0.15) is 0 Å². The number of halogens is 1. The van der Waals surface area contributed by atoms with Crippen molar-refractivity contribution in [2.45, 2.75) is 6.92 Å². The number of nitrogens with one attached hydrogen (secondary N) is 3. The molecule has 0 saturated heterocycles. The van der Waals surface area contributed by atoms with Crippen molar-refractivity contribution in [3.05, 3.63) is 83.4 Å². The van der Waals surface area contributed by atoms with Crippen molar-refractivity contribution in [1.82, 2.24) is 5.32 Å². The molecule has 0 aliphatic heterocycles. The van der Waals surface area contributed by atoms with Crippen molar-refractivity contribution in [3.8, 4) is 11.5 Å². The first kappa shape index (κ1) is 21.2. The maximum Gasteiger partial charge on any atom is 0.251 e. The lowest BCUT2D eigenvalue weighted by Gasteiger charge is -2.14. The van der Waals surface area contributed by atoms with Crippen molar-refractivity contribution >= 4 is 34.8 Å². The molecule has 0 aliphatic rings. The van der Waals surface area contributed by atoms with E-state index in [4.69, 9.17) is 16.3 Å². The van der Waals surface area contributed by atoms with Gasteiger partial charge in [-0.15, -0.1) is 0 Å². The Bertz CT molecular complexity index is 1040. The number of hydrogen-bond donors (Lipinski definition) is 3. The van der Waals surface area contributed by atoms with Crippen LogP contribution >= 0.6 is 11.6 Å². The average Bonchev–Trinajstić information content (AvgIpc) is 2.75. The smallest absolute Gasteiger partial charge is 0.251 e. The van der Waals surface area contributed by atoms with E-state index >= 15 is 0 Å². The maximum absolute atomic E-state index is 12.4. The number of amides is 2. The second-order valence-corrected chi connectivity index (χ2v) is 6.78. The van der Waals surface area contributed by atoms with Crippen molar-refractivity contribution in [2.24, 2.45) is 0 Å². The molecule has 3 rings (SSSR count). The molecule has 30 heavy (non-hydrogen) atoms. The van der Waals surface area contributed by atoms with Gasteiger partial charge in [0.05, 0.1) is 17.3 Å². The number of hydrogen-bond acceptors (Lipinski definition) is 4. The van der Waals surface area contributed by atoms with Crippen LogP contribution in [0.1, 0.15) is 17.3 Å². The maximum atomic E-state index is 12.4. The van der Waals surface area contributed by atoms with Gasteiger partial charge in [0.15, 0.2) is 5.75 Å². The van der Waals surface area contributed by atoms with Gasteiger partial charge in [0.25, 0.3) is 5.91 Å². The molecule has 2 amide bonds. The van der Waals surface area contributed by atoms with Crippen LogP contribution in [0, 0.1) is 0 Å². The predicted octanol–water partition coefficient (Wildman–Crippen LogP) is 4.93. The Balaban J connectivity index is 1.62. The molecule has 0 unspecified atom stereocenters. The van der Waals surface area contributed by atoms with E-state index in [1.807, 2.05) is 37.3 Å². The van der Waals surface area contributed by atoms with Crippen LogP contribution in [-0.4, -0.2) is 24.9 Å². The Morgan fingerprint density at radius 1 is 0.933 bits per heavy atom. The third-order valence-electron chi connectivity index (χ3n) is 4.13. The number of ether oxygens (including phenoxy) is 1. The largest absolute Gasteiger partial charge is 0.454 e. The van der Waals surface area contributed by atoms with E-state index in [2.05, 4.69) is 16.0 Å². The Morgan fingerprint density at radius 2 is 1.67 bits per heavy atom. The lowest BCUT2D eigenvalue weighted by Crippen LogP contribution is -2.24. The van der Waals surface area contributed by atoms with E-state index < -0.39 is 0 Å². The van der Waals surface area contributed by atoms with E-state index in [0.717, 1.165) is 0 Å². The molecule has 0 aliphatic carbocycles. The fraction of sp³-hybridized carbons (Fsp3) is 0.130. The lowest BCUT2D eigenvalue weighted by atomic mass is 10.2. The summed E-state index contributed by atoms with van der Waals surface area (Å²) in [6.45, 7) is 2.41. The lowest BCUT2D eigenvalue weighted by molar-refractivity contribution is -0.114. The van der Waals surface area contributed by atoms with Crippen LogP contribution in [0.2, 0.25) is 5.02 Å². The van der Waals surface area contributed by atoms with Gasteiger partial charge in [-0.25, -0.2) is 0 Å². The highest BCUT2D eigenvalue weighted by molar-refractivity contribution is 6.32. The number of anilines is 2. The van der Waals surface area contributed by atoms with E-state index in [1.54, 1.807) is 42.5 Å². The third-order valence-corrected chi connectivity index (χ3v) is 4.44. The van der Waals surface area contributed by atoms with Gasteiger partial charge < -0.3 is 20.7 Å². The molecule has 6 nitrogen and oxygen atoms in total. The van der Waals surface area contributed by atoms with Crippen molar-refractivity contribution < 1.29 is 14.3 Å². The second kappa shape index (κ2) is 10.3. The van der Waals surface area contributed by atoms with E-state index in [1.165, 1.54) is 0 Å². The quantitative estimate of drug-likeness (QED) is 0.479. The molecule has 3 aromatic rings. The van der Waals surface area contributed by atoms with Crippen molar-refractivity contribution in [1.29, 1.82) is 0 Å². The molecule has 3 aromatic carbocycles. The van der Waals surface area contributed by atoms with Gasteiger partial charge >= 0.3 is 0 Å². The predicted molar refractivity (Wildman–Crippen MR) is 120 cm³/mol. The van der Waals surface area contributed by atoms with E-state index in [-0.39, 0.29) is 18.4 Å². The highest BCUT2D eigenvalue weighted by atomic mass is 35.5. The molecule has 0 fully saturated rings. The summed E-state index contributed by atoms with van der Waals surface area (Å²) in [7, 11) is 0. The van der Waals surface area contributed by atoms with Crippen LogP contribution in [0.25, 0.3) is 0 Å². The molecule has 0 spiro atoms. The van der Waals surface area contributed by atoms with Crippen molar-refractivity contribution in [3.63, 3.8) is 0 Å². The number of carbonyl (C=O) groups is 2. The molecule has 0 bridgehead atoms. The van der Waals surface area contributed by atoms with Gasteiger partial charge in [-0.1, -0.05) is 41.9 Å². The fourth-order valence-corrected chi connectivity index (χ4v) is 2.90. The first-order valence-corrected chi connectivity index (χ1v) is 9.88. The summed E-state index contributed by atoms with van der Waals surface area (Å²) in [5, 5.41) is 9.08. The number of para-hydroxylation sites is 3. The monoisotopic (exact) mass is 423 g/mol. The van der Waals surface area contributed by atoms with Crippen LogP contribution in [-0.2, 0) is 4.79 Å². The standard InChI is InChI=1S/C23H22ClN3O3/c1-2-25-23(29)16-8-7-9-17(14-16)27-22(28)15-26-19-11-4-6-13-21(19)30-20-12-5-3-10-18(20)24/h3-14,26H,2,15H2,1H3,(H,25,29)(H,27,28). The third kappa shape index (κ3) is 5.75. The summed E-state index contributed by atoms with van der Waals surface area (Å²) >= 11 is 6.16. The zero-order valence-electron chi connectivity index (χ0n) is 16.4. The summed E-state index contributed by atoms with van der Waals surface area (Å²) in [5.41, 5.74) is 1.69. The normalized spacial score (nSPS) is 10.2. The first-order valence-electron chi connectivity index (χ1n) is 9.50. The van der Waals surface area contributed by atoms with Gasteiger partial charge in [0.1, 0.15) is 5.75 Å². The van der Waals surface area contributed by atoms with Gasteiger partial charge in [-0.3, -0.25) is 9.59 Å². The van der Waals surface area contributed by atoms with Crippen molar-refractivity contribution in [2.75, 3.05) is 23.7 Å². The van der Waals surface area contributed by atoms with E-state index in [0.29, 0.717) is 40.0 Å². The summed E-state index contributed by atoms with van der Waals surface area (Å²) < 4.78 is 5.89. The fourth-order valence-electron chi connectivity index (χ4n) is 2.73. The van der Waals surface area contributed by atoms with Gasteiger partial charge in [0.2, 0.25) is 5.91 Å². The summed E-state index contributed by atoms with van der Waals surface area (Å²) in [6.07, 6.45) is 0. The zero-order chi connectivity index (χ0) is 21.3. The van der Waals surface area contributed by atoms with Crippen LogP contribution in [0.4, 0.5) is 11.4 Å². The molecule has 0 atom stereocenters. The first-order chi connectivity index (χ1) is 14.6. The summed E-state index contributed by atoms with van der Waals surface area (Å²) in [4.78, 5) is 24.3. The molecule has 7 heteroatoms. The molecule has 3 N–H and O–H groups in total. The molecule has 0 saturated carbocycles. The molecular formula is C23H22ClN3O3. The molecule has 0 heterocycles. The summed E-state index contributed by atoms with van der Waals surface area (Å²) in [5.74, 6) is 0.643. The highest BCUT2D eigenvalue weighted by Gasteiger charge is 2.10. The van der Waals surface area contributed by atoms with Gasteiger partial charge in [0, 0.05) is 17.8 Å². The topological polar surface area (TPSA) is 79.5 Å². The number of carbonyl (C=O) groups excluding carboxylic acids is 2. The Kier molecular flexibility index (Phi) is 7.29. The zero-order valence-corrected chi connectivity index (χ0v) is 17.2. The second-order valence-electron chi connectivity index (χ2n) is 6.37. The minimum absolute atomic E-state index is 0.0221. The number of benzene rings is 3. The Labute approximate surface area is 180 Å². The SMILES string of the molecule is CCNC(=O)c1cccc(NC(=O)CNc2ccccc2Oc2ccccc2Cl)c1. The van der Waals surface area contributed by atoms with Crippen LogP contribution in [0.3, 0.4) is 0 Å². The molecule has 154 valence electrons. The van der Waals surface area contributed by atoms with Crippen LogP contribution in [0.5, 0.6) is 11.5 Å². The summed E-state index contributed by atoms with van der Waals surface area (Å²) in [6, 6.07) is 21.2.